The third kappa shape index (κ3) is 5.23. The van der Waals surface area contributed by atoms with Crippen molar-refractivity contribution in [3.63, 3.8) is 0 Å². The third-order valence-electron chi connectivity index (χ3n) is 2.48. The number of alkyl halides is 3. The lowest BCUT2D eigenvalue weighted by Crippen LogP contribution is -2.26. The van der Waals surface area contributed by atoms with Crippen LogP contribution in [0.2, 0.25) is 0 Å². The summed E-state index contributed by atoms with van der Waals surface area (Å²) in [4.78, 5) is 10.3. The molecule has 0 spiro atoms. The maximum atomic E-state index is 11.9. The van der Waals surface area contributed by atoms with Crippen molar-refractivity contribution in [2.24, 2.45) is 0 Å². The monoisotopic (exact) mass is 326 g/mol. The van der Waals surface area contributed by atoms with E-state index in [9.17, 15) is 26.4 Å². The Morgan fingerprint density at radius 2 is 1.95 bits per heavy atom. The van der Waals surface area contributed by atoms with E-state index in [1.54, 1.807) is 0 Å². The van der Waals surface area contributed by atoms with Crippen LogP contribution in [0.4, 0.5) is 18.9 Å². The second-order valence-electron chi connectivity index (χ2n) is 4.17. The van der Waals surface area contributed by atoms with Crippen molar-refractivity contribution >= 4 is 21.7 Å². The summed E-state index contributed by atoms with van der Waals surface area (Å²) in [7, 11) is -4.09. The maximum absolute atomic E-state index is 11.9. The molecule has 0 saturated heterocycles. The van der Waals surface area contributed by atoms with E-state index in [0.29, 0.717) is 0 Å². The average Bonchev–Trinajstić information content (AvgIpc) is 2.33. The number of hydrogen-bond donors (Lipinski definition) is 3. The molecule has 1 rings (SSSR count). The van der Waals surface area contributed by atoms with Gasteiger partial charge in [0.1, 0.15) is 4.90 Å². The number of carboxylic acids is 1. The van der Waals surface area contributed by atoms with E-state index in [2.05, 4.69) is 0 Å². The lowest BCUT2D eigenvalue weighted by Gasteiger charge is -2.10. The van der Waals surface area contributed by atoms with Gasteiger partial charge in [0, 0.05) is 13.0 Å². The molecule has 0 aliphatic carbocycles. The van der Waals surface area contributed by atoms with Crippen LogP contribution >= 0.6 is 0 Å². The molecule has 1 aromatic carbocycles. The lowest BCUT2D eigenvalue weighted by molar-refractivity contribution is -0.135. The molecule has 0 aliphatic rings. The number of anilines is 1. The number of rotatable bonds is 6. The summed E-state index contributed by atoms with van der Waals surface area (Å²) in [6.07, 6.45) is -5.87. The second kappa shape index (κ2) is 6.31. The van der Waals surface area contributed by atoms with Crippen molar-refractivity contribution in [2.45, 2.75) is 23.9 Å². The summed E-state index contributed by atoms with van der Waals surface area (Å²) in [6.45, 7) is -0.401. The zero-order valence-electron chi connectivity index (χ0n) is 10.6. The molecule has 0 bridgehead atoms. The van der Waals surface area contributed by atoms with E-state index in [4.69, 9.17) is 10.8 Å². The molecule has 0 amide bonds. The molecule has 6 nitrogen and oxygen atoms in total. The van der Waals surface area contributed by atoms with Crippen LogP contribution in [0.25, 0.3) is 0 Å². The van der Waals surface area contributed by atoms with Gasteiger partial charge in [-0.1, -0.05) is 0 Å². The maximum Gasteiger partial charge on any atom is 0.389 e. The number of nitrogens with two attached hydrogens (primary N) is 1. The van der Waals surface area contributed by atoms with E-state index < -0.39 is 41.6 Å². The molecule has 0 fully saturated rings. The van der Waals surface area contributed by atoms with Crippen molar-refractivity contribution in [1.82, 2.24) is 4.72 Å². The molecule has 0 unspecified atom stereocenters. The van der Waals surface area contributed by atoms with Gasteiger partial charge in [-0.3, -0.25) is 0 Å². The first-order valence-electron chi connectivity index (χ1n) is 5.72. The normalized spacial score (nSPS) is 12.3. The fourth-order valence-corrected chi connectivity index (χ4v) is 2.68. The fraction of sp³-hybridized carbons (Fsp3) is 0.364. The van der Waals surface area contributed by atoms with Crippen LogP contribution < -0.4 is 10.5 Å². The van der Waals surface area contributed by atoms with Gasteiger partial charge in [-0.05, 0) is 24.6 Å². The van der Waals surface area contributed by atoms with Crippen molar-refractivity contribution in [1.29, 1.82) is 0 Å². The quantitative estimate of drug-likeness (QED) is 0.543. The van der Waals surface area contributed by atoms with Gasteiger partial charge in [0.05, 0.1) is 11.3 Å². The van der Waals surface area contributed by atoms with Gasteiger partial charge >= 0.3 is 12.1 Å². The number of nitrogen functional groups attached to an aromatic ring is 1. The first-order valence-corrected chi connectivity index (χ1v) is 7.20. The fourth-order valence-electron chi connectivity index (χ4n) is 1.50. The van der Waals surface area contributed by atoms with Crippen molar-refractivity contribution < 1.29 is 31.5 Å². The number of sulfonamides is 1. The Kier molecular flexibility index (Phi) is 5.18. The average molecular weight is 326 g/mol. The molecular weight excluding hydrogens is 313 g/mol. The summed E-state index contributed by atoms with van der Waals surface area (Å²) >= 11 is 0. The minimum absolute atomic E-state index is 0.191. The van der Waals surface area contributed by atoms with E-state index in [0.717, 1.165) is 18.2 Å². The summed E-state index contributed by atoms with van der Waals surface area (Å²) in [5.41, 5.74) is 4.97. The minimum atomic E-state index is -4.35. The number of nitrogens with one attached hydrogen (secondary N) is 1. The van der Waals surface area contributed by atoms with Crippen LogP contribution in [0, 0.1) is 0 Å². The smallest absolute Gasteiger partial charge is 0.389 e. The van der Waals surface area contributed by atoms with Gasteiger partial charge in [0.25, 0.3) is 0 Å². The summed E-state index contributed by atoms with van der Waals surface area (Å²) in [5.74, 6) is -1.27. The van der Waals surface area contributed by atoms with E-state index >= 15 is 0 Å². The molecule has 0 aromatic heterocycles. The molecule has 0 saturated carbocycles. The highest BCUT2D eigenvalue weighted by Gasteiger charge is 2.26. The molecule has 0 heterocycles. The molecule has 1 aromatic rings. The number of carboxylic acid groups (broad SMARTS) is 1. The van der Waals surface area contributed by atoms with Gasteiger partial charge in [-0.15, -0.1) is 0 Å². The number of aromatic carboxylic acids is 1. The van der Waals surface area contributed by atoms with Crippen LogP contribution in [0.5, 0.6) is 0 Å². The predicted molar refractivity (Wildman–Crippen MR) is 68.3 cm³/mol. The molecule has 10 heteroatoms. The van der Waals surface area contributed by atoms with Crippen molar-refractivity contribution in [2.75, 3.05) is 12.3 Å². The molecule has 0 radical (unpaired) electrons. The second-order valence-corrected chi connectivity index (χ2v) is 5.91. The summed E-state index contributed by atoms with van der Waals surface area (Å²) < 4.78 is 61.4. The van der Waals surface area contributed by atoms with Crippen LogP contribution in [0.3, 0.4) is 0 Å². The van der Waals surface area contributed by atoms with E-state index in [-0.39, 0.29) is 16.1 Å². The van der Waals surface area contributed by atoms with E-state index in [1.165, 1.54) is 0 Å². The highest BCUT2D eigenvalue weighted by atomic mass is 32.2. The van der Waals surface area contributed by atoms with E-state index in [1.807, 2.05) is 4.72 Å². The van der Waals surface area contributed by atoms with Crippen LogP contribution in [0.15, 0.2) is 23.1 Å². The third-order valence-corrected chi connectivity index (χ3v) is 4.01. The molecular formula is C11H13F3N2O4S. The van der Waals surface area contributed by atoms with Gasteiger partial charge < -0.3 is 10.8 Å². The van der Waals surface area contributed by atoms with Crippen LogP contribution in [0.1, 0.15) is 23.2 Å². The first kappa shape index (κ1) is 17.2. The predicted octanol–water partition coefficient (Wildman–Crippen LogP) is 1.59. The SMILES string of the molecule is Nc1cc(C(=O)O)ccc1S(=O)(=O)NCCCC(F)(F)F. The summed E-state index contributed by atoms with van der Waals surface area (Å²) in [6, 6.07) is 3.00. The first-order chi connectivity index (χ1) is 9.53. The zero-order valence-corrected chi connectivity index (χ0v) is 11.5. The topological polar surface area (TPSA) is 109 Å². The minimum Gasteiger partial charge on any atom is -0.478 e. The standard InChI is InChI=1S/C11H13F3N2O4S/c12-11(13,14)4-1-5-16-21(19,20)9-3-2-7(10(17)18)6-8(9)15/h2-3,6,16H,1,4-5,15H2,(H,17,18). The molecule has 0 aliphatic heterocycles. The Bertz CT molecular complexity index is 629. The highest BCUT2D eigenvalue weighted by molar-refractivity contribution is 7.89. The van der Waals surface area contributed by atoms with Crippen molar-refractivity contribution in [3.8, 4) is 0 Å². The van der Waals surface area contributed by atoms with Crippen LogP contribution in [-0.4, -0.2) is 32.2 Å². The molecule has 118 valence electrons. The Balaban J connectivity index is 2.77. The Hall–Kier alpha value is -1.81. The Labute approximate surface area is 118 Å². The zero-order chi connectivity index (χ0) is 16.3. The van der Waals surface area contributed by atoms with Gasteiger partial charge in [0.15, 0.2) is 0 Å². The van der Waals surface area contributed by atoms with Crippen LogP contribution in [-0.2, 0) is 10.0 Å². The summed E-state index contributed by atoms with van der Waals surface area (Å²) in [5, 5.41) is 8.73. The number of hydrogen-bond acceptors (Lipinski definition) is 4. The van der Waals surface area contributed by atoms with Gasteiger partial charge in [0.2, 0.25) is 10.0 Å². The van der Waals surface area contributed by atoms with Gasteiger partial charge in [-0.2, -0.15) is 13.2 Å². The number of halogens is 3. The Morgan fingerprint density at radius 3 is 2.43 bits per heavy atom. The highest BCUT2D eigenvalue weighted by Crippen LogP contribution is 2.22. The lowest BCUT2D eigenvalue weighted by atomic mass is 10.2. The Morgan fingerprint density at radius 1 is 1.33 bits per heavy atom. The van der Waals surface area contributed by atoms with Crippen molar-refractivity contribution in [3.05, 3.63) is 23.8 Å². The largest absolute Gasteiger partial charge is 0.478 e. The number of benzene rings is 1. The molecule has 21 heavy (non-hydrogen) atoms. The molecule has 4 N–H and O–H groups in total. The van der Waals surface area contributed by atoms with Gasteiger partial charge in [-0.25, -0.2) is 17.9 Å². The number of carbonyl (C=O) groups is 1. The molecule has 0 atom stereocenters.